The normalized spacial score (nSPS) is 19.5. The van der Waals surface area contributed by atoms with Gasteiger partial charge in [0.2, 0.25) is 0 Å². The second-order valence-electron chi connectivity index (χ2n) is 7.63. The van der Waals surface area contributed by atoms with Gasteiger partial charge in [0.05, 0.1) is 17.7 Å². The molecular weight excluding hydrogens is 348 g/mol. The Bertz CT molecular complexity index is 937. The van der Waals surface area contributed by atoms with Gasteiger partial charge >= 0.3 is 0 Å². The molecule has 1 aromatic heterocycles. The molecule has 1 aliphatic rings. The first kappa shape index (κ1) is 19.0. The molecule has 2 N–H and O–H groups in total. The lowest BCUT2D eigenvalue weighted by molar-refractivity contribution is 0.169. The fourth-order valence-electron chi connectivity index (χ4n) is 4.18. The average Bonchev–Trinajstić information content (AvgIpc) is 3.23. The number of hydrogen-bond donors (Lipinski definition) is 2. The molecule has 1 fully saturated rings. The van der Waals surface area contributed by atoms with Crippen molar-refractivity contribution in [2.24, 2.45) is 0 Å². The molecule has 0 saturated carbocycles. The minimum absolute atomic E-state index is 0.113. The van der Waals surface area contributed by atoms with Crippen molar-refractivity contribution >= 4 is 10.8 Å². The van der Waals surface area contributed by atoms with Gasteiger partial charge in [-0.2, -0.15) is 0 Å². The van der Waals surface area contributed by atoms with Crippen LogP contribution in [0.5, 0.6) is 0 Å². The van der Waals surface area contributed by atoms with Gasteiger partial charge in [0, 0.05) is 31.4 Å². The Balaban J connectivity index is 1.69. The molecular formula is C23H28N4O. The number of aliphatic hydroxyl groups is 1. The first-order valence-electron chi connectivity index (χ1n) is 10.1. The highest BCUT2D eigenvalue weighted by molar-refractivity contribution is 5.86. The number of benzene rings is 2. The van der Waals surface area contributed by atoms with Crippen molar-refractivity contribution in [3.05, 3.63) is 60.6 Å². The molecule has 146 valence electrons. The van der Waals surface area contributed by atoms with Crippen molar-refractivity contribution in [1.82, 2.24) is 20.2 Å². The van der Waals surface area contributed by atoms with Crippen molar-refractivity contribution in [2.45, 2.75) is 18.8 Å². The van der Waals surface area contributed by atoms with Crippen molar-refractivity contribution < 1.29 is 5.11 Å². The first-order valence-corrected chi connectivity index (χ1v) is 10.1. The largest absolute Gasteiger partial charge is 0.395 e. The lowest BCUT2D eigenvalue weighted by atomic mass is 9.85. The van der Waals surface area contributed by atoms with Gasteiger partial charge in [-0.3, -0.25) is 0 Å². The van der Waals surface area contributed by atoms with Crippen molar-refractivity contribution in [1.29, 1.82) is 0 Å². The van der Waals surface area contributed by atoms with E-state index in [1.54, 1.807) is 0 Å². The van der Waals surface area contributed by atoms with E-state index in [1.165, 1.54) is 10.8 Å². The Labute approximate surface area is 166 Å². The number of hydrogen-bond acceptors (Lipinski definition) is 5. The maximum absolute atomic E-state index is 9.39. The van der Waals surface area contributed by atoms with Gasteiger partial charge in [0.1, 0.15) is 5.82 Å². The van der Waals surface area contributed by atoms with E-state index in [0.29, 0.717) is 6.54 Å². The van der Waals surface area contributed by atoms with Crippen LogP contribution in [0.25, 0.3) is 22.0 Å². The molecule has 0 unspecified atom stereocenters. The Morgan fingerprint density at radius 2 is 2.00 bits per heavy atom. The molecule has 2 aromatic carbocycles. The number of rotatable bonds is 7. The van der Waals surface area contributed by atoms with Gasteiger partial charge < -0.3 is 15.3 Å². The molecule has 2 heterocycles. The third-order valence-corrected chi connectivity index (χ3v) is 5.81. The third-order valence-electron chi connectivity index (χ3n) is 5.81. The number of likely N-dealkylation sites (N-methyl/N-ethyl adjacent to an activating group) is 1. The molecule has 1 atom stereocenters. The highest BCUT2D eigenvalue weighted by atomic mass is 16.3. The number of nitrogens with zero attached hydrogens (tertiary/aromatic N) is 3. The topological polar surface area (TPSA) is 61.3 Å². The van der Waals surface area contributed by atoms with Crippen LogP contribution in [0.1, 0.15) is 19.2 Å². The molecule has 0 aliphatic carbocycles. The molecule has 1 aliphatic heterocycles. The van der Waals surface area contributed by atoms with Crippen LogP contribution in [0, 0.1) is 0 Å². The molecule has 3 aromatic rings. The predicted molar refractivity (Wildman–Crippen MR) is 113 cm³/mol. The molecule has 0 amide bonds. The summed E-state index contributed by atoms with van der Waals surface area (Å²) in [5.41, 5.74) is 1.97. The summed E-state index contributed by atoms with van der Waals surface area (Å²) in [4.78, 5) is 12.0. The highest BCUT2D eigenvalue weighted by Gasteiger charge is 2.39. The second kappa shape index (κ2) is 8.35. The van der Waals surface area contributed by atoms with Crippen molar-refractivity contribution in [3.63, 3.8) is 0 Å². The van der Waals surface area contributed by atoms with E-state index in [2.05, 4.69) is 64.6 Å². The van der Waals surface area contributed by atoms with E-state index in [-0.39, 0.29) is 12.0 Å². The molecule has 0 radical (unpaired) electrons. The Hall–Kier alpha value is -2.34. The number of aromatic nitrogens is 2. The van der Waals surface area contributed by atoms with E-state index < -0.39 is 0 Å². The van der Waals surface area contributed by atoms with E-state index in [1.807, 2.05) is 12.3 Å². The van der Waals surface area contributed by atoms with Gasteiger partial charge in [-0.05, 0) is 42.4 Å². The van der Waals surface area contributed by atoms with Crippen molar-refractivity contribution in [2.75, 3.05) is 39.3 Å². The van der Waals surface area contributed by atoms with Crippen LogP contribution in [0.2, 0.25) is 0 Å². The number of fused-ring (bicyclic) bond motifs is 1. The average molecular weight is 377 g/mol. The van der Waals surface area contributed by atoms with E-state index >= 15 is 0 Å². The highest BCUT2D eigenvalue weighted by Crippen LogP contribution is 2.31. The molecule has 1 saturated heterocycles. The zero-order valence-electron chi connectivity index (χ0n) is 16.4. The van der Waals surface area contributed by atoms with Crippen LogP contribution >= 0.6 is 0 Å². The molecule has 5 nitrogen and oxygen atoms in total. The summed E-state index contributed by atoms with van der Waals surface area (Å²) in [7, 11) is 0. The van der Waals surface area contributed by atoms with Gasteiger partial charge in [0.15, 0.2) is 0 Å². The van der Waals surface area contributed by atoms with Gasteiger partial charge in [0.25, 0.3) is 0 Å². The van der Waals surface area contributed by atoms with Crippen LogP contribution in [0.4, 0.5) is 0 Å². The van der Waals surface area contributed by atoms with Gasteiger partial charge in [-0.15, -0.1) is 0 Å². The van der Waals surface area contributed by atoms with Crippen LogP contribution in [-0.2, 0) is 5.41 Å². The van der Waals surface area contributed by atoms with Crippen molar-refractivity contribution in [3.8, 4) is 11.3 Å². The summed E-state index contributed by atoms with van der Waals surface area (Å²) in [5, 5.41) is 15.3. The summed E-state index contributed by atoms with van der Waals surface area (Å²) in [6.45, 7) is 6.61. The lowest BCUT2D eigenvalue weighted by Gasteiger charge is -2.33. The lowest BCUT2D eigenvalue weighted by Crippen LogP contribution is -2.44. The standard InChI is InChI=1S/C23H28N4O/c1-2-27(13-14-28)17-23(10-12-24-16-23)22-25-11-9-21(26-22)20-8-7-18-5-3-4-6-19(18)15-20/h3-9,11,15,24,28H,2,10,12-14,16-17H2,1H3/t23-/m1/s1. The number of aliphatic hydroxyl groups excluding tert-OH is 1. The van der Waals surface area contributed by atoms with Gasteiger partial charge in [-0.1, -0.05) is 43.3 Å². The van der Waals surface area contributed by atoms with Crippen LogP contribution in [0.15, 0.2) is 54.7 Å². The fourth-order valence-corrected chi connectivity index (χ4v) is 4.18. The zero-order valence-corrected chi connectivity index (χ0v) is 16.4. The Kier molecular flexibility index (Phi) is 5.67. The Morgan fingerprint density at radius 3 is 2.75 bits per heavy atom. The summed E-state index contributed by atoms with van der Waals surface area (Å²) >= 11 is 0. The molecule has 0 spiro atoms. The third kappa shape index (κ3) is 3.78. The Morgan fingerprint density at radius 1 is 1.14 bits per heavy atom. The summed E-state index contributed by atoms with van der Waals surface area (Å²) in [6.07, 6.45) is 2.89. The maximum Gasteiger partial charge on any atom is 0.137 e. The quantitative estimate of drug-likeness (QED) is 0.664. The van der Waals surface area contributed by atoms with E-state index in [9.17, 15) is 5.11 Å². The zero-order chi connectivity index (χ0) is 19.4. The smallest absolute Gasteiger partial charge is 0.137 e. The monoisotopic (exact) mass is 376 g/mol. The fraction of sp³-hybridized carbons (Fsp3) is 0.391. The van der Waals surface area contributed by atoms with Gasteiger partial charge in [-0.25, -0.2) is 9.97 Å². The molecule has 5 heteroatoms. The first-order chi connectivity index (χ1) is 13.7. The second-order valence-corrected chi connectivity index (χ2v) is 7.63. The van der Waals surface area contributed by atoms with Crippen LogP contribution in [0.3, 0.4) is 0 Å². The summed E-state index contributed by atoms with van der Waals surface area (Å²) in [5.74, 6) is 0.902. The van der Waals surface area contributed by atoms with Crippen LogP contribution < -0.4 is 5.32 Å². The number of nitrogens with one attached hydrogen (secondary N) is 1. The summed E-state index contributed by atoms with van der Waals surface area (Å²) in [6, 6.07) is 16.9. The molecule has 28 heavy (non-hydrogen) atoms. The maximum atomic E-state index is 9.39. The van der Waals surface area contributed by atoms with Crippen LogP contribution in [-0.4, -0.2) is 59.3 Å². The SMILES string of the molecule is CCN(CCO)C[C@@]1(c2nccc(-c3ccc4ccccc4c3)n2)CCNC1. The summed E-state index contributed by atoms with van der Waals surface area (Å²) < 4.78 is 0. The predicted octanol–water partition coefficient (Wildman–Crippen LogP) is 2.84. The molecule has 0 bridgehead atoms. The van der Waals surface area contributed by atoms with E-state index in [4.69, 9.17) is 4.98 Å². The minimum Gasteiger partial charge on any atom is -0.395 e. The molecule has 4 rings (SSSR count). The minimum atomic E-state index is -0.113. The van der Waals surface area contributed by atoms with E-state index in [0.717, 1.165) is 49.7 Å².